The minimum Gasteiger partial charge on any atom is -0.496 e. The number of rotatable bonds is 7. The van der Waals surface area contributed by atoms with Crippen molar-refractivity contribution in [2.24, 2.45) is 5.92 Å². The molecule has 0 aromatic heterocycles. The number of carboxylic acids is 1. The number of aryl methyl sites for hydroxylation is 1. The fourth-order valence-corrected chi connectivity index (χ4v) is 4.51. The highest BCUT2D eigenvalue weighted by Crippen LogP contribution is 2.36. The van der Waals surface area contributed by atoms with E-state index in [1.165, 1.54) is 13.5 Å². The molecule has 0 saturated heterocycles. The molecule has 3 N–H and O–H groups in total. The Bertz CT molecular complexity index is 1240. The van der Waals surface area contributed by atoms with Crippen LogP contribution in [0, 0.1) is 12.8 Å². The number of carboxylic acid groups (broad SMARTS) is 1. The molecule has 3 aromatic rings. The highest BCUT2D eigenvalue weighted by molar-refractivity contribution is 6.01. The summed E-state index contributed by atoms with van der Waals surface area (Å²) < 4.78 is 11.6. The monoisotopic (exact) mass is 488 g/mol. The summed E-state index contributed by atoms with van der Waals surface area (Å²) in [6.45, 7) is 4.18. The van der Waals surface area contributed by atoms with Crippen molar-refractivity contribution in [3.05, 3.63) is 71.8 Å². The normalized spacial score (nSPS) is 17.2. The summed E-state index contributed by atoms with van der Waals surface area (Å²) in [5, 5.41) is 15.4. The lowest BCUT2D eigenvalue weighted by molar-refractivity contribution is 0.0693. The third-order valence-corrected chi connectivity index (χ3v) is 6.61. The van der Waals surface area contributed by atoms with Crippen LogP contribution in [0.5, 0.6) is 11.5 Å². The van der Waals surface area contributed by atoms with E-state index < -0.39 is 12.0 Å². The van der Waals surface area contributed by atoms with Gasteiger partial charge in [-0.2, -0.15) is 0 Å². The van der Waals surface area contributed by atoms with Gasteiger partial charge in [0.1, 0.15) is 23.2 Å². The molecule has 2 amide bonds. The second kappa shape index (κ2) is 11.2. The average molecular weight is 489 g/mol. The van der Waals surface area contributed by atoms with E-state index in [9.17, 15) is 14.7 Å². The summed E-state index contributed by atoms with van der Waals surface area (Å²) in [6.07, 6.45) is 4.48. The van der Waals surface area contributed by atoms with Crippen LogP contribution in [-0.4, -0.2) is 30.3 Å². The summed E-state index contributed by atoms with van der Waals surface area (Å²) in [5.74, 6) is 0.222. The van der Waals surface area contributed by atoms with Crippen LogP contribution >= 0.6 is 0 Å². The maximum Gasteiger partial charge on any atom is 0.339 e. The van der Waals surface area contributed by atoms with Crippen molar-refractivity contribution in [2.75, 3.05) is 17.7 Å². The number of carbonyl (C=O) groups excluding carboxylic acids is 1. The van der Waals surface area contributed by atoms with E-state index in [2.05, 4.69) is 17.6 Å². The Morgan fingerprint density at radius 1 is 0.889 bits per heavy atom. The van der Waals surface area contributed by atoms with E-state index in [-0.39, 0.29) is 17.4 Å². The molecule has 1 saturated carbocycles. The molecule has 0 aliphatic heterocycles. The van der Waals surface area contributed by atoms with Crippen molar-refractivity contribution >= 4 is 23.4 Å². The summed E-state index contributed by atoms with van der Waals surface area (Å²) in [7, 11) is 1.44. The molecule has 1 fully saturated rings. The van der Waals surface area contributed by atoms with Gasteiger partial charge in [0.25, 0.3) is 0 Å². The third kappa shape index (κ3) is 5.97. The lowest BCUT2D eigenvalue weighted by Gasteiger charge is -2.30. The molecule has 1 aliphatic rings. The van der Waals surface area contributed by atoms with Gasteiger partial charge < -0.3 is 25.2 Å². The summed E-state index contributed by atoms with van der Waals surface area (Å²) in [4.78, 5) is 24.6. The Hall–Kier alpha value is -4.00. The second-order valence-electron chi connectivity index (χ2n) is 9.29. The molecule has 0 unspecified atom stereocenters. The topological polar surface area (TPSA) is 96.9 Å². The van der Waals surface area contributed by atoms with Crippen LogP contribution in [0.4, 0.5) is 16.2 Å². The molecule has 7 nitrogen and oxygen atoms in total. The molecule has 0 radical (unpaired) electrons. The highest BCUT2D eigenvalue weighted by atomic mass is 16.5. The van der Waals surface area contributed by atoms with E-state index in [4.69, 9.17) is 9.47 Å². The number of urea groups is 1. The zero-order valence-corrected chi connectivity index (χ0v) is 20.8. The highest BCUT2D eigenvalue weighted by Gasteiger charge is 2.24. The zero-order chi connectivity index (χ0) is 25.7. The van der Waals surface area contributed by atoms with Gasteiger partial charge >= 0.3 is 12.0 Å². The van der Waals surface area contributed by atoms with Gasteiger partial charge in [-0.25, -0.2) is 9.59 Å². The van der Waals surface area contributed by atoms with Crippen molar-refractivity contribution < 1.29 is 24.2 Å². The Kier molecular flexibility index (Phi) is 7.78. The number of ether oxygens (including phenoxy) is 2. The van der Waals surface area contributed by atoms with Crippen molar-refractivity contribution in [1.82, 2.24) is 0 Å². The summed E-state index contributed by atoms with van der Waals surface area (Å²) in [6, 6.07) is 17.7. The molecular formula is C29H32N2O5. The molecule has 3 aromatic carbocycles. The molecule has 0 heterocycles. The average Bonchev–Trinajstić information content (AvgIpc) is 2.87. The number of anilines is 2. The molecular weight excluding hydrogens is 456 g/mol. The Morgan fingerprint density at radius 3 is 2.22 bits per heavy atom. The van der Waals surface area contributed by atoms with Crippen LogP contribution in [0.15, 0.2) is 60.7 Å². The molecule has 0 spiro atoms. The molecule has 0 bridgehead atoms. The summed E-state index contributed by atoms with van der Waals surface area (Å²) >= 11 is 0. The number of nitrogens with one attached hydrogen (secondary N) is 2. The van der Waals surface area contributed by atoms with Gasteiger partial charge in [-0.05, 0) is 79.6 Å². The number of hydrogen-bond donors (Lipinski definition) is 3. The first-order valence-electron chi connectivity index (χ1n) is 12.2. The van der Waals surface area contributed by atoms with E-state index in [1.54, 1.807) is 18.2 Å². The Labute approximate surface area is 211 Å². The maximum atomic E-state index is 12.9. The van der Waals surface area contributed by atoms with Crippen LogP contribution in [0.3, 0.4) is 0 Å². The van der Waals surface area contributed by atoms with Crippen molar-refractivity contribution in [3.63, 3.8) is 0 Å². The van der Waals surface area contributed by atoms with Crippen LogP contribution in [-0.2, 0) is 0 Å². The molecule has 4 rings (SSSR count). The van der Waals surface area contributed by atoms with Crippen LogP contribution in [0.1, 0.15) is 48.5 Å². The van der Waals surface area contributed by atoms with Gasteiger partial charge in [0.15, 0.2) is 0 Å². The van der Waals surface area contributed by atoms with Gasteiger partial charge in [-0.15, -0.1) is 0 Å². The molecule has 2 atom stereocenters. The van der Waals surface area contributed by atoms with E-state index in [1.807, 2.05) is 49.4 Å². The number of benzene rings is 3. The molecule has 1 aliphatic carbocycles. The SMILES string of the molecule is COc1ccc(-c2ccc(O[C@@H]3CCCC[C@H]3C)c(NC(=O)Nc3ccc(C)cc3)c2)cc1C(=O)O. The second-order valence-corrected chi connectivity index (χ2v) is 9.29. The van der Waals surface area contributed by atoms with Crippen molar-refractivity contribution in [3.8, 4) is 22.6 Å². The number of aromatic carboxylic acids is 1. The van der Waals surface area contributed by atoms with Crippen molar-refractivity contribution in [2.45, 2.75) is 45.6 Å². The van der Waals surface area contributed by atoms with Gasteiger partial charge in [-0.3, -0.25) is 0 Å². The van der Waals surface area contributed by atoms with E-state index in [0.717, 1.165) is 30.4 Å². The predicted octanol–water partition coefficient (Wildman–Crippen LogP) is 6.97. The fourth-order valence-electron chi connectivity index (χ4n) is 4.51. The van der Waals surface area contributed by atoms with Crippen LogP contribution in [0.25, 0.3) is 11.1 Å². The third-order valence-electron chi connectivity index (χ3n) is 6.61. The fraction of sp³-hybridized carbons (Fsp3) is 0.310. The Balaban J connectivity index is 1.65. The first-order valence-corrected chi connectivity index (χ1v) is 12.2. The minimum absolute atomic E-state index is 0.0676. The molecule has 188 valence electrons. The maximum absolute atomic E-state index is 12.9. The number of hydrogen-bond acceptors (Lipinski definition) is 4. The number of methoxy groups -OCH3 is 1. The largest absolute Gasteiger partial charge is 0.496 e. The molecule has 7 heteroatoms. The predicted molar refractivity (Wildman–Crippen MR) is 141 cm³/mol. The lowest BCUT2D eigenvalue weighted by Crippen LogP contribution is -2.29. The number of carbonyl (C=O) groups is 2. The lowest BCUT2D eigenvalue weighted by atomic mass is 9.88. The number of amides is 2. The summed E-state index contributed by atoms with van der Waals surface area (Å²) in [5.41, 5.74) is 3.80. The van der Waals surface area contributed by atoms with Crippen molar-refractivity contribution in [1.29, 1.82) is 0 Å². The first-order chi connectivity index (χ1) is 17.3. The standard InChI is InChI=1S/C29H32N2O5/c1-18-8-12-22(13-9-18)30-29(34)31-24-17-21(20-10-14-26(35-3)23(16-20)28(32)33)11-15-27(24)36-25-7-5-4-6-19(25)2/h8-17,19,25H,4-7H2,1-3H3,(H,32,33)(H2,30,31,34)/t19-,25-/m1/s1. The smallest absolute Gasteiger partial charge is 0.339 e. The van der Waals surface area contributed by atoms with Gasteiger partial charge in [0, 0.05) is 5.69 Å². The first kappa shape index (κ1) is 25.1. The van der Waals surface area contributed by atoms with Gasteiger partial charge in [0.05, 0.1) is 12.8 Å². The van der Waals surface area contributed by atoms with E-state index >= 15 is 0 Å². The van der Waals surface area contributed by atoms with Gasteiger partial charge in [0.2, 0.25) is 0 Å². The quantitative estimate of drug-likeness (QED) is 0.334. The van der Waals surface area contributed by atoms with Gasteiger partial charge in [-0.1, -0.05) is 43.2 Å². The zero-order valence-electron chi connectivity index (χ0n) is 20.8. The van der Waals surface area contributed by atoms with Crippen LogP contribution in [0.2, 0.25) is 0 Å². The molecule has 36 heavy (non-hydrogen) atoms. The minimum atomic E-state index is -1.07. The van der Waals surface area contributed by atoms with Crippen LogP contribution < -0.4 is 20.1 Å². The Morgan fingerprint density at radius 2 is 1.56 bits per heavy atom. The van der Waals surface area contributed by atoms with E-state index in [0.29, 0.717) is 28.6 Å².